The molecule has 17 heavy (non-hydrogen) atoms. The van der Waals surface area contributed by atoms with E-state index >= 15 is 0 Å². The first-order valence-corrected chi connectivity index (χ1v) is 5.21. The standard InChI is InChI=1S/C11H10ClF3O2/c1-7(16)10(12)6-8-3-2-4-9(5-8)17-11(13,14)15/h2-5,10H,6H2,1H3. The molecule has 0 aliphatic rings. The minimum absolute atomic E-state index is 0.173. The third-order valence-electron chi connectivity index (χ3n) is 1.99. The second-order valence-corrected chi connectivity index (χ2v) is 4.00. The summed E-state index contributed by atoms with van der Waals surface area (Å²) in [5, 5.41) is -0.740. The summed E-state index contributed by atoms with van der Waals surface area (Å²) < 4.78 is 39.6. The largest absolute Gasteiger partial charge is 0.573 e. The van der Waals surface area contributed by atoms with E-state index < -0.39 is 11.7 Å². The molecule has 1 unspecified atom stereocenters. The van der Waals surface area contributed by atoms with Crippen molar-refractivity contribution in [3.8, 4) is 5.75 Å². The van der Waals surface area contributed by atoms with Gasteiger partial charge in [-0.1, -0.05) is 12.1 Å². The van der Waals surface area contributed by atoms with Crippen molar-refractivity contribution in [3.63, 3.8) is 0 Å². The molecule has 0 aromatic heterocycles. The van der Waals surface area contributed by atoms with Crippen molar-refractivity contribution in [1.29, 1.82) is 0 Å². The lowest BCUT2D eigenvalue weighted by molar-refractivity contribution is -0.274. The van der Waals surface area contributed by atoms with Crippen molar-refractivity contribution in [2.24, 2.45) is 0 Å². The van der Waals surface area contributed by atoms with Gasteiger partial charge in [0.05, 0.1) is 5.38 Å². The molecule has 0 saturated heterocycles. The summed E-state index contributed by atoms with van der Waals surface area (Å²) in [6.45, 7) is 1.33. The van der Waals surface area contributed by atoms with Crippen LogP contribution in [0.2, 0.25) is 0 Å². The van der Waals surface area contributed by atoms with Crippen LogP contribution >= 0.6 is 11.6 Å². The van der Waals surface area contributed by atoms with E-state index in [1.165, 1.54) is 25.1 Å². The highest BCUT2D eigenvalue weighted by Crippen LogP contribution is 2.24. The number of rotatable bonds is 4. The zero-order valence-electron chi connectivity index (χ0n) is 8.92. The van der Waals surface area contributed by atoms with Gasteiger partial charge in [0.15, 0.2) is 0 Å². The molecule has 1 aromatic rings. The van der Waals surface area contributed by atoms with E-state index in [0.29, 0.717) is 5.56 Å². The van der Waals surface area contributed by atoms with Gasteiger partial charge >= 0.3 is 6.36 Å². The number of ketones is 1. The predicted octanol–water partition coefficient (Wildman–Crippen LogP) is 3.32. The quantitative estimate of drug-likeness (QED) is 0.782. The molecule has 0 spiro atoms. The summed E-state index contributed by atoms with van der Waals surface area (Å²) in [6, 6.07) is 5.40. The van der Waals surface area contributed by atoms with Gasteiger partial charge in [-0.25, -0.2) is 0 Å². The minimum Gasteiger partial charge on any atom is -0.406 e. The van der Waals surface area contributed by atoms with Crippen LogP contribution in [0.15, 0.2) is 24.3 Å². The Morgan fingerprint density at radius 1 is 1.47 bits per heavy atom. The molecule has 0 fully saturated rings. The maximum Gasteiger partial charge on any atom is 0.573 e. The van der Waals surface area contributed by atoms with Gasteiger partial charge in [-0.05, 0) is 31.0 Å². The van der Waals surface area contributed by atoms with Crippen LogP contribution in [0.3, 0.4) is 0 Å². The predicted molar refractivity (Wildman–Crippen MR) is 57.2 cm³/mol. The van der Waals surface area contributed by atoms with E-state index in [9.17, 15) is 18.0 Å². The van der Waals surface area contributed by atoms with Gasteiger partial charge in [0, 0.05) is 0 Å². The molecule has 0 amide bonds. The molecular formula is C11H10ClF3O2. The van der Waals surface area contributed by atoms with Gasteiger partial charge in [0.25, 0.3) is 0 Å². The highest BCUT2D eigenvalue weighted by Gasteiger charge is 2.31. The third-order valence-corrected chi connectivity index (χ3v) is 2.45. The van der Waals surface area contributed by atoms with Gasteiger partial charge in [0.2, 0.25) is 0 Å². The van der Waals surface area contributed by atoms with Crippen LogP contribution in [0.25, 0.3) is 0 Å². The average molecular weight is 267 g/mol. The Balaban J connectivity index is 2.76. The number of ether oxygens (including phenoxy) is 1. The smallest absolute Gasteiger partial charge is 0.406 e. The number of hydrogen-bond donors (Lipinski definition) is 0. The number of halogens is 4. The molecule has 0 radical (unpaired) electrons. The zero-order valence-corrected chi connectivity index (χ0v) is 9.68. The topological polar surface area (TPSA) is 26.3 Å². The summed E-state index contributed by atoms with van der Waals surface area (Å²) in [7, 11) is 0. The maximum absolute atomic E-state index is 12.0. The first-order chi connectivity index (χ1) is 7.78. The van der Waals surface area contributed by atoms with Gasteiger partial charge in [-0.2, -0.15) is 0 Å². The Labute approximate surface area is 101 Å². The number of Topliss-reactive ketones (excluding diaryl/α,β-unsaturated/α-hetero) is 1. The molecule has 2 nitrogen and oxygen atoms in total. The van der Waals surface area contributed by atoms with E-state index in [4.69, 9.17) is 11.6 Å². The normalized spacial score (nSPS) is 13.2. The molecule has 0 heterocycles. The number of carbonyl (C=O) groups is 1. The number of carbonyl (C=O) groups excluding carboxylic acids is 1. The van der Waals surface area contributed by atoms with Crippen molar-refractivity contribution in [3.05, 3.63) is 29.8 Å². The molecule has 0 saturated carbocycles. The van der Waals surface area contributed by atoms with E-state index in [1.54, 1.807) is 6.07 Å². The van der Waals surface area contributed by atoms with Crippen LogP contribution in [-0.2, 0) is 11.2 Å². The fourth-order valence-electron chi connectivity index (χ4n) is 1.22. The van der Waals surface area contributed by atoms with Gasteiger partial charge in [0.1, 0.15) is 11.5 Å². The summed E-state index contributed by atoms with van der Waals surface area (Å²) >= 11 is 5.72. The van der Waals surface area contributed by atoms with Crippen LogP contribution < -0.4 is 4.74 Å². The van der Waals surface area contributed by atoms with E-state index in [0.717, 1.165) is 0 Å². The number of hydrogen-bond acceptors (Lipinski definition) is 2. The molecule has 1 aromatic carbocycles. The lowest BCUT2D eigenvalue weighted by Gasteiger charge is -2.11. The Morgan fingerprint density at radius 3 is 2.65 bits per heavy atom. The van der Waals surface area contributed by atoms with E-state index in [-0.39, 0.29) is 18.0 Å². The first-order valence-electron chi connectivity index (χ1n) is 4.77. The molecule has 1 rings (SSSR count). The van der Waals surface area contributed by atoms with Gasteiger partial charge in [-0.15, -0.1) is 24.8 Å². The van der Waals surface area contributed by atoms with Crippen LogP contribution in [0.5, 0.6) is 5.75 Å². The van der Waals surface area contributed by atoms with Crippen LogP contribution in [0.1, 0.15) is 12.5 Å². The fourth-order valence-corrected chi connectivity index (χ4v) is 1.40. The van der Waals surface area contributed by atoms with Gasteiger partial charge in [-0.3, -0.25) is 4.79 Å². The fraction of sp³-hybridized carbons (Fsp3) is 0.364. The third kappa shape index (κ3) is 5.08. The highest BCUT2D eigenvalue weighted by molar-refractivity contribution is 6.30. The Kier molecular flexibility index (Phi) is 4.40. The highest BCUT2D eigenvalue weighted by atomic mass is 35.5. The number of alkyl halides is 4. The van der Waals surface area contributed by atoms with E-state index in [2.05, 4.69) is 4.74 Å². The molecule has 0 N–H and O–H groups in total. The summed E-state index contributed by atoms with van der Waals surface area (Å²) in [5.74, 6) is -0.545. The summed E-state index contributed by atoms with van der Waals surface area (Å²) in [4.78, 5) is 10.9. The second kappa shape index (κ2) is 5.40. The maximum atomic E-state index is 12.0. The Hall–Kier alpha value is -1.23. The van der Waals surface area contributed by atoms with Crippen LogP contribution in [0, 0.1) is 0 Å². The first kappa shape index (κ1) is 13.8. The molecular weight excluding hydrogens is 257 g/mol. The molecule has 1 atom stereocenters. The van der Waals surface area contributed by atoms with Crippen molar-refractivity contribution in [2.75, 3.05) is 0 Å². The van der Waals surface area contributed by atoms with Crippen molar-refractivity contribution in [2.45, 2.75) is 25.1 Å². The zero-order chi connectivity index (χ0) is 13.1. The number of benzene rings is 1. The summed E-state index contributed by atoms with van der Waals surface area (Å²) in [6.07, 6.45) is -4.55. The minimum atomic E-state index is -4.72. The summed E-state index contributed by atoms with van der Waals surface area (Å²) in [5.41, 5.74) is 0.516. The lowest BCUT2D eigenvalue weighted by Crippen LogP contribution is -2.17. The Morgan fingerprint density at radius 2 is 2.12 bits per heavy atom. The molecule has 0 bridgehead atoms. The van der Waals surface area contributed by atoms with Crippen molar-refractivity contribution < 1.29 is 22.7 Å². The van der Waals surface area contributed by atoms with Gasteiger partial charge < -0.3 is 4.74 Å². The van der Waals surface area contributed by atoms with Crippen LogP contribution in [0.4, 0.5) is 13.2 Å². The monoisotopic (exact) mass is 266 g/mol. The molecule has 0 aliphatic heterocycles. The lowest BCUT2D eigenvalue weighted by atomic mass is 10.1. The molecule has 94 valence electrons. The Bertz CT molecular complexity index is 404. The van der Waals surface area contributed by atoms with Crippen molar-refractivity contribution >= 4 is 17.4 Å². The second-order valence-electron chi connectivity index (χ2n) is 3.48. The molecule has 0 aliphatic carbocycles. The van der Waals surface area contributed by atoms with Crippen molar-refractivity contribution in [1.82, 2.24) is 0 Å². The molecule has 6 heteroatoms. The van der Waals surface area contributed by atoms with E-state index in [1.807, 2.05) is 0 Å². The SMILES string of the molecule is CC(=O)C(Cl)Cc1cccc(OC(F)(F)F)c1. The average Bonchev–Trinajstić information content (AvgIpc) is 2.15. The van der Waals surface area contributed by atoms with Crippen LogP contribution in [-0.4, -0.2) is 17.5 Å².